The summed E-state index contributed by atoms with van der Waals surface area (Å²) in [6, 6.07) is 6.16. The largest absolute Gasteiger partial charge is 0.358 e. The van der Waals surface area contributed by atoms with Crippen molar-refractivity contribution >= 4 is 28.9 Å². The predicted molar refractivity (Wildman–Crippen MR) is 69.7 cm³/mol. The summed E-state index contributed by atoms with van der Waals surface area (Å²) < 4.78 is 0. The molecule has 0 spiro atoms. The highest BCUT2D eigenvalue weighted by atomic mass is 35.5. The molecule has 1 fully saturated rings. The number of rotatable bonds is 1. The average Bonchev–Trinajstić information content (AvgIpc) is 2.82. The van der Waals surface area contributed by atoms with Gasteiger partial charge in [0.05, 0.1) is 17.9 Å². The molecule has 3 rings (SSSR count). The third-order valence-electron chi connectivity index (χ3n) is 3.62. The van der Waals surface area contributed by atoms with Gasteiger partial charge in [0.15, 0.2) is 0 Å². The van der Waals surface area contributed by atoms with Crippen LogP contribution in [0.4, 0.5) is 11.4 Å². The fraction of sp³-hybridized carbons (Fsp3) is 0.462. The number of carbonyl (C=O) groups excluding carboxylic acids is 1. The molecule has 3 nitrogen and oxygen atoms in total. The van der Waals surface area contributed by atoms with Gasteiger partial charge in [-0.05, 0) is 31.0 Å². The zero-order valence-electron chi connectivity index (χ0n) is 9.58. The first-order valence-corrected chi connectivity index (χ1v) is 6.48. The lowest BCUT2D eigenvalue weighted by atomic mass is 10.1. The molecule has 1 amide bonds. The summed E-state index contributed by atoms with van der Waals surface area (Å²) in [4.78, 5) is 13.9. The van der Waals surface area contributed by atoms with E-state index in [1.165, 1.54) is 25.7 Å². The van der Waals surface area contributed by atoms with E-state index in [4.69, 9.17) is 11.6 Å². The standard InChI is InChI=1S/C13H15ClN2O/c14-9-5-6-11-12(7-9)16(8-13(17)15-11)10-3-1-2-4-10/h5-7,10H,1-4,8H2,(H,15,17). The molecule has 1 heterocycles. The molecule has 1 aromatic rings. The first-order chi connectivity index (χ1) is 8.24. The fourth-order valence-electron chi connectivity index (χ4n) is 2.82. The third-order valence-corrected chi connectivity index (χ3v) is 3.86. The number of amides is 1. The monoisotopic (exact) mass is 250 g/mol. The molecule has 0 atom stereocenters. The maximum atomic E-state index is 11.7. The van der Waals surface area contributed by atoms with E-state index in [2.05, 4.69) is 10.2 Å². The van der Waals surface area contributed by atoms with Gasteiger partial charge < -0.3 is 10.2 Å². The van der Waals surface area contributed by atoms with Crippen molar-refractivity contribution in [2.45, 2.75) is 31.7 Å². The highest BCUT2D eigenvalue weighted by Gasteiger charge is 2.29. The summed E-state index contributed by atoms with van der Waals surface area (Å²) in [7, 11) is 0. The van der Waals surface area contributed by atoms with Gasteiger partial charge >= 0.3 is 0 Å². The molecule has 1 saturated carbocycles. The molecule has 1 N–H and O–H groups in total. The molecule has 4 heteroatoms. The molecule has 0 unspecified atom stereocenters. The Morgan fingerprint density at radius 2 is 2.06 bits per heavy atom. The summed E-state index contributed by atoms with van der Waals surface area (Å²) in [6.07, 6.45) is 4.88. The topological polar surface area (TPSA) is 32.3 Å². The first kappa shape index (κ1) is 10.9. The summed E-state index contributed by atoms with van der Waals surface area (Å²) in [5, 5.41) is 3.63. The van der Waals surface area contributed by atoms with Crippen molar-refractivity contribution in [1.29, 1.82) is 0 Å². The Labute approximate surface area is 106 Å². The Hall–Kier alpha value is -1.22. The van der Waals surface area contributed by atoms with Crippen LogP contribution in [0.1, 0.15) is 25.7 Å². The van der Waals surface area contributed by atoms with E-state index < -0.39 is 0 Å². The van der Waals surface area contributed by atoms with E-state index in [9.17, 15) is 4.79 Å². The van der Waals surface area contributed by atoms with Crippen molar-refractivity contribution in [3.05, 3.63) is 23.2 Å². The van der Waals surface area contributed by atoms with Gasteiger partial charge in [-0.15, -0.1) is 0 Å². The number of nitrogens with one attached hydrogen (secondary N) is 1. The van der Waals surface area contributed by atoms with E-state index in [-0.39, 0.29) is 5.91 Å². The zero-order chi connectivity index (χ0) is 11.8. The third kappa shape index (κ3) is 2.00. The summed E-state index contributed by atoms with van der Waals surface area (Å²) in [6.45, 7) is 0.456. The molecule has 17 heavy (non-hydrogen) atoms. The van der Waals surface area contributed by atoms with Gasteiger partial charge in [0.1, 0.15) is 0 Å². The molecule has 0 aromatic heterocycles. The normalized spacial score (nSPS) is 20.3. The highest BCUT2D eigenvalue weighted by molar-refractivity contribution is 6.31. The molecule has 90 valence electrons. The van der Waals surface area contributed by atoms with Crippen LogP contribution in [-0.4, -0.2) is 18.5 Å². The van der Waals surface area contributed by atoms with Crippen molar-refractivity contribution in [3.63, 3.8) is 0 Å². The van der Waals surface area contributed by atoms with Gasteiger partial charge in [-0.1, -0.05) is 24.4 Å². The number of benzene rings is 1. The fourth-order valence-corrected chi connectivity index (χ4v) is 2.99. The second-order valence-corrected chi connectivity index (χ2v) is 5.21. The van der Waals surface area contributed by atoms with Crippen molar-refractivity contribution in [2.75, 3.05) is 16.8 Å². The maximum Gasteiger partial charge on any atom is 0.243 e. The van der Waals surface area contributed by atoms with Crippen LogP contribution >= 0.6 is 11.6 Å². The lowest BCUT2D eigenvalue weighted by Crippen LogP contribution is -2.43. The number of nitrogens with zero attached hydrogens (tertiary/aromatic N) is 1. The van der Waals surface area contributed by atoms with E-state index in [1.54, 1.807) is 0 Å². The Bertz CT molecular complexity index is 455. The number of fused-ring (bicyclic) bond motifs is 1. The van der Waals surface area contributed by atoms with Crippen LogP contribution in [0, 0.1) is 0 Å². The Kier molecular flexibility index (Phi) is 2.71. The molecular formula is C13H15ClN2O. The molecule has 1 aromatic carbocycles. The quantitative estimate of drug-likeness (QED) is 0.831. The molecular weight excluding hydrogens is 236 g/mol. The van der Waals surface area contributed by atoms with Gasteiger partial charge in [0, 0.05) is 11.1 Å². The van der Waals surface area contributed by atoms with Gasteiger partial charge in [-0.3, -0.25) is 4.79 Å². The first-order valence-electron chi connectivity index (χ1n) is 6.10. The number of hydrogen-bond acceptors (Lipinski definition) is 2. The van der Waals surface area contributed by atoms with Gasteiger partial charge in [-0.2, -0.15) is 0 Å². The van der Waals surface area contributed by atoms with Crippen molar-refractivity contribution in [3.8, 4) is 0 Å². The molecule has 1 aliphatic carbocycles. The van der Waals surface area contributed by atoms with Crippen LogP contribution in [0.5, 0.6) is 0 Å². The minimum absolute atomic E-state index is 0.0757. The SMILES string of the molecule is O=C1CN(C2CCCC2)c2cc(Cl)ccc2N1. The highest BCUT2D eigenvalue weighted by Crippen LogP contribution is 2.36. The van der Waals surface area contributed by atoms with Crippen LogP contribution in [0.15, 0.2) is 18.2 Å². The minimum Gasteiger partial charge on any atom is -0.358 e. The predicted octanol–water partition coefficient (Wildman–Crippen LogP) is 3.04. The van der Waals surface area contributed by atoms with Gasteiger partial charge in [0.25, 0.3) is 0 Å². The van der Waals surface area contributed by atoms with E-state index in [0.29, 0.717) is 12.6 Å². The second-order valence-electron chi connectivity index (χ2n) is 4.78. The Balaban J connectivity index is 1.99. The second kappa shape index (κ2) is 4.22. The van der Waals surface area contributed by atoms with E-state index >= 15 is 0 Å². The zero-order valence-corrected chi connectivity index (χ0v) is 10.3. The molecule has 0 radical (unpaired) electrons. The molecule has 0 bridgehead atoms. The molecule has 2 aliphatic rings. The van der Waals surface area contributed by atoms with Crippen LogP contribution in [0.2, 0.25) is 5.02 Å². The van der Waals surface area contributed by atoms with E-state index in [0.717, 1.165) is 16.4 Å². The summed E-state index contributed by atoms with van der Waals surface area (Å²) in [5.41, 5.74) is 1.96. The van der Waals surface area contributed by atoms with Crippen LogP contribution in [0.25, 0.3) is 0 Å². The van der Waals surface area contributed by atoms with E-state index in [1.807, 2.05) is 18.2 Å². The molecule has 1 aliphatic heterocycles. The number of carbonyl (C=O) groups is 1. The van der Waals surface area contributed by atoms with Crippen LogP contribution < -0.4 is 10.2 Å². The average molecular weight is 251 g/mol. The minimum atomic E-state index is 0.0757. The van der Waals surface area contributed by atoms with Crippen LogP contribution in [0.3, 0.4) is 0 Å². The lowest BCUT2D eigenvalue weighted by Gasteiger charge is -2.35. The molecule has 0 saturated heterocycles. The lowest BCUT2D eigenvalue weighted by molar-refractivity contribution is -0.115. The number of hydrogen-bond donors (Lipinski definition) is 1. The van der Waals surface area contributed by atoms with Crippen molar-refractivity contribution < 1.29 is 4.79 Å². The number of anilines is 2. The summed E-state index contributed by atoms with van der Waals surface area (Å²) >= 11 is 6.05. The Morgan fingerprint density at radius 1 is 1.29 bits per heavy atom. The van der Waals surface area contributed by atoms with Crippen LogP contribution in [-0.2, 0) is 4.79 Å². The Morgan fingerprint density at radius 3 is 2.82 bits per heavy atom. The van der Waals surface area contributed by atoms with Gasteiger partial charge in [0.2, 0.25) is 5.91 Å². The summed E-state index contributed by atoms with van der Waals surface area (Å²) in [5.74, 6) is 0.0757. The van der Waals surface area contributed by atoms with Gasteiger partial charge in [-0.25, -0.2) is 0 Å². The maximum absolute atomic E-state index is 11.7. The van der Waals surface area contributed by atoms with Crippen molar-refractivity contribution in [2.24, 2.45) is 0 Å². The van der Waals surface area contributed by atoms with Crippen molar-refractivity contribution in [1.82, 2.24) is 0 Å². The number of halogens is 1. The smallest absolute Gasteiger partial charge is 0.243 e.